The summed E-state index contributed by atoms with van der Waals surface area (Å²) < 4.78 is 48.1. The van der Waals surface area contributed by atoms with Crippen molar-refractivity contribution in [3.63, 3.8) is 0 Å². The van der Waals surface area contributed by atoms with Gasteiger partial charge in [-0.25, -0.2) is 0 Å². The highest BCUT2D eigenvalue weighted by molar-refractivity contribution is 7.15. The molecule has 2 saturated heterocycles. The summed E-state index contributed by atoms with van der Waals surface area (Å²) >= 11 is 15.6. The minimum Gasteiger partial charge on any atom is -0.485 e. The van der Waals surface area contributed by atoms with Crippen molar-refractivity contribution < 1.29 is 95.7 Å². The summed E-state index contributed by atoms with van der Waals surface area (Å²) in [7, 11) is 0. The highest BCUT2D eigenvalue weighted by atomic mass is 35.5. The molecule has 0 radical (unpaired) electrons. The first-order valence-electron chi connectivity index (χ1n) is 40.6. The predicted molar refractivity (Wildman–Crippen MR) is 455 cm³/mol. The van der Waals surface area contributed by atoms with E-state index in [0.29, 0.717) is 123 Å². The number of aromatic nitrogens is 6. The Balaban J connectivity index is 0.000000189. The zero-order valence-electron chi connectivity index (χ0n) is 69.5. The van der Waals surface area contributed by atoms with Gasteiger partial charge in [-0.05, 0) is 127 Å². The first kappa shape index (κ1) is 92.0. The molecule has 9 amide bonds. The second-order valence-electron chi connectivity index (χ2n) is 29.5. The first-order chi connectivity index (χ1) is 59.8. The molecule has 6 aliphatic heterocycles. The third-order valence-electron chi connectivity index (χ3n) is 20.9. The smallest absolute Gasteiger partial charge is 0.306 e. The molecule has 124 heavy (non-hydrogen) atoms. The number of amides is 9. The lowest BCUT2D eigenvalue weighted by Crippen LogP contribution is -2.54. The summed E-state index contributed by atoms with van der Waals surface area (Å²) in [5.41, 5.74) is 8.68. The molecule has 4 aromatic carbocycles. The van der Waals surface area contributed by atoms with Crippen LogP contribution in [-0.4, -0.2) is 238 Å². The first-order valence-corrected chi connectivity index (χ1v) is 43.0. The van der Waals surface area contributed by atoms with Gasteiger partial charge in [0.15, 0.2) is 24.0 Å². The number of hydrogen-bond donors (Lipinski definition) is 5. The number of carbonyl (C=O) groups is 11. The summed E-state index contributed by atoms with van der Waals surface area (Å²) in [5.74, 6) is -2.24. The number of nitrogens with one attached hydrogen (secondary N) is 4. The number of piperidine rings is 2. The standard InChI is InChI=1S/C42H45ClN8O10S.C25H34N2O8.C19H17ClN4O2S/c1-23-24(2)62-42-35(23)37(26-7-9-27(43)10-8-26)46-29(38-49-48-25(3)50(38)42)21-33(53)44-13-15-58-17-19-60-20-18-59-16-14-45-34(54)22-61-31-6-4-5-28-36(31)41(57)51(40(28)56)30-11-12-32(52)47-39(30)55;1-2-10-32-12-14-34-15-13-33-11-4-5-18(28)17-35-22-7-3-6-19-20(22)16-27(25(19)31)21-8-9-23(29)26-24(21)30;1-9-10(2)27-19-16(9)17(12-4-6-13(20)7-5-12)21-14(8-15(25)26)18-23-22-11(3)24(18)19/h4-10,29-30H,11-22H2,1-3H3,(H,44,53)(H,45,54)(H,47,52,55);3,6-7,21H,2,4-5,8-17H2,1H3,(H,26,29,30);4-7,14H,8H2,1-3H3,(H,25,26)/t29-,30?;;14-/m0.0/s1. The lowest BCUT2D eigenvalue weighted by atomic mass is 9.99. The molecule has 2 fully saturated rings. The number of rotatable bonds is 38. The fourth-order valence-electron chi connectivity index (χ4n) is 14.5. The molecule has 0 spiro atoms. The fraction of sp³-hybridized carbons (Fsp3) is 0.430. The number of aliphatic carboxylic acids is 1. The zero-order chi connectivity index (χ0) is 88.3. The number of ketones is 1. The summed E-state index contributed by atoms with van der Waals surface area (Å²) in [6, 6.07) is 21.5. The maximum absolute atomic E-state index is 13.2. The molecule has 4 atom stereocenters. The molecule has 10 heterocycles. The van der Waals surface area contributed by atoms with Gasteiger partial charge in [-0.2, -0.15) is 0 Å². The van der Waals surface area contributed by atoms with Crippen molar-refractivity contribution in [1.29, 1.82) is 0 Å². The van der Waals surface area contributed by atoms with Gasteiger partial charge in [-0.3, -0.25) is 87.4 Å². The minimum atomic E-state index is -1.11. The maximum atomic E-state index is 13.2. The summed E-state index contributed by atoms with van der Waals surface area (Å²) in [6.45, 7) is 19.2. The quantitative estimate of drug-likeness (QED) is 0.0178. The summed E-state index contributed by atoms with van der Waals surface area (Å²) in [6.07, 6.45) is 2.32. The molecule has 2 unspecified atom stereocenters. The highest BCUT2D eigenvalue weighted by Crippen LogP contribution is 2.43. The summed E-state index contributed by atoms with van der Waals surface area (Å²) in [4.78, 5) is 151. The molecule has 5 N–H and O–H groups in total. The Bertz CT molecular complexity index is 5370. The number of hydrogen-bond acceptors (Lipinski definition) is 27. The maximum Gasteiger partial charge on any atom is 0.306 e. The van der Waals surface area contributed by atoms with Crippen LogP contribution in [0.5, 0.6) is 11.5 Å². The van der Waals surface area contributed by atoms with Crippen molar-refractivity contribution in [2.75, 3.05) is 106 Å². The van der Waals surface area contributed by atoms with Crippen LogP contribution in [-0.2, 0) is 73.3 Å². The van der Waals surface area contributed by atoms with E-state index in [9.17, 15) is 57.8 Å². The van der Waals surface area contributed by atoms with E-state index in [1.807, 2.05) is 71.5 Å². The van der Waals surface area contributed by atoms with E-state index >= 15 is 0 Å². The molecule has 656 valence electrons. The molecular formula is C86H96Cl2N14O20S2. The van der Waals surface area contributed by atoms with Crippen LogP contribution in [0, 0.1) is 41.5 Å². The number of halogens is 2. The van der Waals surface area contributed by atoms with E-state index in [1.165, 1.54) is 28.0 Å². The SMILES string of the molecule is CCCOCCOCCOCCCC(=O)COc1cccc2c1CN(C1CCC(=O)NC1=O)C2=O.Cc1sc2c(c1C)C(c1ccc(Cl)cc1)=N[C@@H](CC(=O)NCCOCCOCCOCCNC(=O)COc1cccc3c1C(=O)N(C1CCC(=O)NC1=O)C3=O)c1nnc(C)n1-2.Cc1sc2c(c1C)C(c1ccc(Cl)cc1)=N[C@@H](CC(=O)O)c1nnc(C)n1-2. The van der Waals surface area contributed by atoms with Crippen LogP contribution in [0.1, 0.15) is 180 Å². The molecular weight excluding hydrogens is 1680 g/mol. The molecule has 8 aromatic rings. The molecule has 0 saturated carbocycles. The number of fused-ring (bicyclic) bond motifs is 8. The van der Waals surface area contributed by atoms with Crippen molar-refractivity contribution in [3.05, 3.63) is 184 Å². The number of aryl methyl sites for hydroxylation is 4. The van der Waals surface area contributed by atoms with Crippen LogP contribution in [0.15, 0.2) is 94.9 Å². The van der Waals surface area contributed by atoms with Crippen molar-refractivity contribution in [2.24, 2.45) is 9.98 Å². The topological polar surface area (TPSA) is 423 Å². The van der Waals surface area contributed by atoms with Gasteiger partial charge in [0.1, 0.15) is 63.9 Å². The Morgan fingerprint density at radius 1 is 0.516 bits per heavy atom. The van der Waals surface area contributed by atoms with Crippen molar-refractivity contribution >= 4 is 122 Å². The van der Waals surface area contributed by atoms with Crippen molar-refractivity contribution in [3.8, 4) is 21.5 Å². The van der Waals surface area contributed by atoms with Crippen LogP contribution in [0.2, 0.25) is 10.0 Å². The van der Waals surface area contributed by atoms with Gasteiger partial charge in [0.2, 0.25) is 29.5 Å². The van der Waals surface area contributed by atoms with Crippen LogP contribution in [0.25, 0.3) is 10.0 Å². The lowest BCUT2D eigenvalue weighted by molar-refractivity contribution is -0.138. The Labute approximate surface area is 732 Å². The average Bonchev–Trinajstić information content (AvgIpc) is 1.60. The Hall–Kier alpha value is -11.2. The monoisotopic (exact) mass is 1780 g/mol. The van der Waals surface area contributed by atoms with E-state index in [1.54, 1.807) is 40.9 Å². The Morgan fingerprint density at radius 3 is 1.50 bits per heavy atom. The Kier molecular flexibility index (Phi) is 32.2. The number of nitrogens with zero attached hydrogens (tertiary/aromatic N) is 10. The fourth-order valence-corrected chi connectivity index (χ4v) is 17.2. The molecule has 0 bridgehead atoms. The lowest BCUT2D eigenvalue weighted by Gasteiger charge is -2.29. The number of carboxylic acids is 1. The molecule has 34 nitrogen and oxygen atoms in total. The van der Waals surface area contributed by atoms with Crippen molar-refractivity contribution in [1.82, 2.24) is 60.6 Å². The number of aliphatic imine (C=N–C) groups is 2. The second-order valence-corrected chi connectivity index (χ2v) is 32.8. The third-order valence-corrected chi connectivity index (χ3v) is 23.8. The van der Waals surface area contributed by atoms with Gasteiger partial charge < -0.3 is 58.5 Å². The minimum absolute atomic E-state index is 0.00146. The van der Waals surface area contributed by atoms with E-state index in [4.69, 9.17) is 71.1 Å². The Morgan fingerprint density at radius 2 is 0.984 bits per heavy atom. The number of thiophene rings is 2. The number of carboxylic acid groups (broad SMARTS) is 1. The van der Waals surface area contributed by atoms with E-state index in [2.05, 4.69) is 76.3 Å². The van der Waals surface area contributed by atoms with E-state index in [-0.39, 0.29) is 112 Å². The number of carbonyl (C=O) groups excluding carboxylic acids is 10. The average molecular weight is 1780 g/mol. The predicted octanol–water partition coefficient (Wildman–Crippen LogP) is 8.86. The molecule has 6 aliphatic rings. The van der Waals surface area contributed by atoms with E-state index in [0.717, 1.165) is 83.4 Å². The van der Waals surface area contributed by atoms with Gasteiger partial charge in [0, 0.05) is 98.7 Å². The second kappa shape index (κ2) is 43.4. The number of benzene rings is 4. The highest BCUT2D eigenvalue weighted by Gasteiger charge is 2.47. The number of ether oxygens (including phenoxy) is 8. The molecule has 14 rings (SSSR count). The number of imide groups is 3. The van der Waals surface area contributed by atoms with Gasteiger partial charge in [-0.15, -0.1) is 43.1 Å². The van der Waals surface area contributed by atoms with Gasteiger partial charge in [0.05, 0.1) is 108 Å². The van der Waals surface area contributed by atoms with Crippen molar-refractivity contribution in [2.45, 2.75) is 137 Å². The van der Waals surface area contributed by atoms with Gasteiger partial charge in [-0.1, -0.05) is 66.5 Å². The van der Waals surface area contributed by atoms with Crippen LogP contribution < -0.4 is 30.7 Å². The number of Topliss-reactive ketones (excluding diaryl/α,β-unsaturated/α-hetero) is 1. The third kappa shape index (κ3) is 22.5. The van der Waals surface area contributed by atoms with E-state index < -0.39 is 72.2 Å². The molecule has 0 aliphatic carbocycles. The van der Waals surface area contributed by atoms with Crippen LogP contribution in [0.4, 0.5) is 0 Å². The normalized spacial score (nSPS) is 16.8. The van der Waals surface area contributed by atoms with Crippen LogP contribution >= 0.6 is 45.9 Å². The molecule has 4 aromatic heterocycles. The molecule has 38 heteroatoms. The van der Waals surface area contributed by atoms with Gasteiger partial charge in [0.25, 0.3) is 23.6 Å². The largest absolute Gasteiger partial charge is 0.485 e. The van der Waals surface area contributed by atoms with Crippen LogP contribution in [0.3, 0.4) is 0 Å². The van der Waals surface area contributed by atoms with Gasteiger partial charge >= 0.3 is 5.97 Å². The summed E-state index contributed by atoms with van der Waals surface area (Å²) in [5, 5.41) is 39.9. The zero-order valence-corrected chi connectivity index (χ0v) is 72.7.